The predicted octanol–water partition coefficient (Wildman–Crippen LogP) is 4.12. The van der Waals surface area contributed by atoms with Crippen LogP contribution in [0, 0.1) is 0 Å². The van der Waals surface area contributed by atoms with Gasteiger partial charge in [0.25, 0.3) is 10.1 Å². The number of rotatable bonds is 4. The van der Waals surface area contributed by atoms with Gasteiger partial charge >= 0.3 is 0 Å². The molecule has 3 rings (SSSR count). The molecule has 1 heterocycles. The second-order valence-electron chi connectivity index (χ2n) is 5.44. The quantitative estimate of drug-likeness (QED) is 0.853. The van der Waals surface area contributed by atoms with Crippen molar-refractivity contribution in [3.8, 4) is 11.5 Å². The molecule has 0 radical (unpaired) electrons. The van der Waals surface area contributed by atoms with Crippen molar-refractivity contribution < 1.29 is 17.7 Å². The fraction of sp³-hybridized carbons (Fsp3) is 0.294. The van der Waals surface area contributed by atoms with Crippen LogP contribution in [-0.4, -0.2) is 18.3 Å². The normalized spacial score (nSPS) is 14.7. The fourth-order valence-electron chi connectivity index (χ4n) is 2.98. The number of para-hydroxylation sites is 3. The van der Waals surface area contributed by atoms with Gasteiger partial charge in [0, 0.05) is 0 Å². The Morgan fingerprint density at radius 2 is 1.78 bits per heavy atom. The Hall–Kier alpha value is -2.05. The highest BCUT2D eigenvalue weighted by Crippen LogP contribution is 2.49. The summed E-state index contributed by atoms with van der Waals surface area (Å²) in [6, 6.07) is 12.9. The Morgan fingerprint density at radius 1 is 1.09 bits per heavy atom. The van der Waals surface area contributed by atoms with Gasteiger partial charge in [0.05, 0.1) is 11.4 Å². The van der Waals surface area contributed by atoms with E-state index in [-0.39, 0.29) is 6.42 Å². The fourth-order valence-corrected chi connectivity index (χ4v) is 3.89. The lowest BCUT2D eigenvalue weighted by Gasteiger charge is -2.37. The van der Waals surface area contributed by atoms with E-state index in [1.165, 1.54) is 0 Å². The van der Waals surface area contributed by atoms with E-state index in [9.17, 15) is 13.0 Å². The van der Waals surface area contributed by atoms with E-state index < -0.39 is 15.5 Å². The summed E-state index contributed by atoms with van der Waals surface area (Å²) < 4.78 is 39.5. The van der Waals surface area contributed by atoms with Gasteiger partial charge in [0.1, 0.15) is 0 Å². The monoisotopic (exact) mass is 333 g/mol. The third kappa shape index (κ3) is 2.68. The lowest BCUT2D eigenvalue weighted by atomic mass is 10.1. The molecule has 0 aromatic heterocycles. The van der Waals surface area contributed by atoms with Gasteiger partial charge in [-0.3, -0.25) is 4.55 Å². The number of aryl methyl sites for hydroxylation is 1. The first kappa shape index (κ1) is 15.8. The SMILES string of the molecule is CCc1cccc2c1Oc1ccccc1N2C(CC)S(=O)(=O)O. The van der Waals surface area contributed by atoms with E-state index in [1.807, 2.05) is 37.3 Å². The number of fused-ring (bicyclic) bond motifs is 2. The van der Waals surface area contributed by atoms with Crippen LogP contribution in [0.4, 0.5) is 11.4 Å². The second kappa shape index (κ2) is 5.86. The molecule has 0 saturated heterocycles. The van der Waals surface area contributed by atoms with Gasteiger partial charge in [-0.2, -0.15) is 8.42 Å². The topological polar surface area (TPSA) is 66.8 Å². The molecule has 2 aromatic rings. The molecule has 1 aliphatic heterocycles. The standard InChI is InChI=1S/C17H19NO4S/c1-3-12-8-7-10-14-17(12)22-15-11-6-5-9-13(15)18(14)16(4-2)23(19,20)21/h5-11,16H,3-4H2,1-2H3,(H,19,20,21). The van der Waals surface area contributed by atoms with Gasteiger partial charge in [0.2, 0.25) is 0 Å². The number of benzene rings is 2. The Kier molecular flexibility index (Phi) is 4.04. The van der Waals surface area contributed by atoms with Crippen LogP contribution in [0.25, 0.3) is 0 Å². The molecule has 0 amide bonds. The molecule has 1 N–H and O–H groups in total. The molecule has 1 unspecified atom stereocenters. The molecule has 6 heteroatoms. The average molecular weight is 333 g/mol. The largest absolute Gasteiger partial charge is 0.453 e. The Morgan fingerprint density at radius 3 is 2.43 bits per heavy atom. The molecule has 23 heavy (non-hydrogen) atoms. The molecule has 0 saturated carbocycles. The summed E-state index contributed by atoms with van der Waals surface area (Å²) in [5.41, 5.74) is 2.29. The number of hydrogen-bond acceptors (Lipinski definition) is 4. The van der Waals surface area contributed by atoms with Crippen molar-refractivity contribution in [3.05, 3.63) is 48.0 Å². The van der Waals surface area contributed by atoms with Crippen molar-refractivity contribution in [2.24, 2.45) is 0 Å². The maximum absolute atomic E-state index is 11.9. The third-order valence-electron chi connectivity index (χ3n) is 4.03. The van der Waals surface area contributed by atoms with E-state index in [1.54, 1.807) is 24.0 Å². The van der Waals surface area contributed by atoms with Gasteiger partial charge in [-0.25, -0.2) is 0 Å². The molecule has 0 bridgehead atoms. The van der Waals surface area contributed by atoms with Crippen molar-refractivity contribution in [1.82, 2.24) is 0 Å². The van der Waals surface area contributed by atoms with E-state index >= 15 is 0 Å². The van der Waals surface area contributed by atoms with Gasteiger partial charge in [0.15, 0.2) is 16.9 Å². The molecule has 0 spiro atoms. The number of nitrogens with zero attached hydrogens (tertiary/aromatic N) is 1. The molecule has 122 valence electrons. The third-order valence-corrected chi connectivity index (χ3v) is 5.27. The van der Waals surface area contributed by atoms with Gasteiger partial charge < -0.3 is 9.64 Å². The number of ether oxygens (including phenoxy) is 1. The lowest BCUT2D eigenvalue weighted by Crippen LogP contribution is -2.38. The van der Waals surface area contributed by atoms with E-state index in [4.69, 9.17) is 4.74 Å². The number of hydrogen-bond donors (Lipinski definition) is 1. The molecular formula is C17H19NO4S. The van der Waals surface area contributed by atoms with Crippen molar-refractivity contribution >= 4 is 21.5 Å². The van der Waals surface area contributed by atoms with Crippen LogP contribution in [0.3, 0.4) is 0 Å². The molecule has 1 atom stereocenters. The lowest BCUT2D eigenvalue weighted by molar-refractivity contribution is 0.449. The Bertz CT molecular complexity index is 832. The first-order valence-electron chi connectivity index (χ1n) is 7.61. The van der Waals surface area contributed by atoms with Gasteiger partial charge in [-0.1, -0.05) is 38.1 Å². The molecule has 0 aliphatic carbocycles. The molecule has 1 aliphatic rings. The summed E-state index contributed by atoms with van der Waals surface area (Å²) in [7, 11) is -4.25. The van der Waals surface area contributed by atoms with Crippen LogP contribution in [0.2, 0.25) is 0 Å². The summed E-state index contributed by atoms with van der Waals surface area (Å²) in [5, 5.41) is -1.06. The van der Waals surface area contributed by atoms with Crippen molar-refractivity contribution in [2.75, 3.05) is 4.90 Å². The van der Waals surface area contributed by atoms with Crippen LogP contribution in [-0.2, 0) is 16.5 Å². The number of anilines is 2. The Labute approximate surface area is 136 Å². The maximum Gasteiger partial charge on any atom is 0.286 e. The second-order valence-corrected chi connectivity index (χ2v) is 7.01. The van der Waals surface area contributed by atoms with E-state index in [2.05, 4.69) is 0 Å². The zero-order chi connectivity index (χ0) is 16.6. The first-order valence-corrected chi connectivity index (χ1v) is 9.12. The summed E-state index contributed by atoms with van der Waals surface area (Å²) >= 11 is 0. The molecule has 5 nitrogen and oxygen atoms in total. The van der Waals surface area contributed by atoms with Crippen LogP contribution in [0.15, 0.2) is 42.5 Å². The minimum atomic E-state index is -4.25. The zero-order valence-corrected chi connectivity index (χ0v) is 13.9. The predicted molar refractivity (Wildman–Crippen MR) is 90.1 cm³/mol. The first-order chi connectivity index (χ1) is 11.0. The van der Waals surface area contributed by atoms with Crippen LogP contribution < -0.4 is 9.64 Å². The molecule has 2 aromatic carbocycles. The smallest absolute Gasteiger partial charge is 0.286 e. The van der Waals surface area contributed by atoms with E-state index in [0.29, 0.717) is 22.9 Å². The van der Waals surface area contributed by atoms with Crippen LogP contribution in [0.5, 0.6) is 11.5 Å². The maximum atomic E-state index is 11.9. The highest BCUT2D eigenvalue weighted by atomic mass is 32.2. The van der Waals surface area contributed by atoms with Gasteiger partial charge in [-0.15, -0.1) is 0 Å². The minimum Gasteiger partial charge on any atom is -0.453 e. The van der Waals surface area contributed by atoms with Crippen LogP contribution >= 0.6 is 0 Å². The summed E-state index contributed by atoms with van der Waals surface area (Å²) in [5.74, 6) is 1.24. The van der Waals surface area contributed by atoms with Gasteiger partial charge in [-0.05, 0) is 36.6 Å². The highest BCUT2D eigenvalue weighted by Gasteiger charge is 2.36. The average Bonchev–Trinajstić information content (AvgIpc) is 2.53. The van der Waals surface area contributed by atoms with Crippen LogP contribution in [0.1, 0.15) is 25.8 Å². The summed E-state index contributed by atoms with van der Waals surface area (Å²) in [6.07, 6.45) is 1.02. The summed E-state index contributed by atoms with van der Waals surface area (Å²) in [6.45, 7) is 3.75. The molecule has 0 fully saturated rings. The molecular weight excluding hydrogens is 314 g/mol. The van der Waals surface area contributed by atoms with Crippen molar-refractivity contribution in [2.45, 2.75) is 32.1 Å². The zero-order valence-electron chi connectivity index (χ0n) is 13.1. The Balaban J connectivity index is 2.27. The van der Waals surface area contributed by atoms with Crippen molar-refractivity contribution in [3.63, 3.8) is 0 Å². The summed E-state index contributed by atoms with van der Waals surface area (Å²) in [4.78, 5) is 1.66. The highest BCUT2D eigenvalue weighted by molar-refractivity contribution is 7.86. The minimum absolute atomic E-state index is 0.253. The van der Waals surface area contributed by atoms with Crippen molar-refractivity contribution in [1.29, 1.82) is 0 Å². The van der Waals surface area contributed by atoms with E-state index in [0.717, 1.165) is 12.0 Å².